The van der Waals surface area contributed by atoms with Gasteiger partial charge in [0.1, 0.15) is 17.2 Å². The standard InChI is InChI=1S/C28H24N4O2S.C25H16FN5O2S.C25H23FN4O4S.C24H22N4O4S/c1-18-7-10-22(11-8-18)32-15-13-20(14-16-32)26-30-31-27(34-26)25(33)28-29-23-12-9-21(17-24(23)35-28)19-5-3-2-4-6-19;26-16-12-15(14-6-2-1-3-7-14)13-19-22(16)29-25(34-19)23(32)24-31-30-21(33-24)11-10-20-27-17-8-4-5-9-18(17)28-20;1-33-25(32)30-12-10-15(11-13-30)2-9-21-28-29-23(34-21)22(31)24-27-19-8-5-17(14-20(19)35-24)16-3-6-18(26)7-4-16;1-31-24(30)25-17-10-7-15(8-11-17)21-27-28-22(32-21)20(29)23-26-18-12-9-16(13-19(18)33-23)14-5-3-2-4-6-14/h2-12,17,20H,13-16H2,1H3;1-9,12-13H,10-11H2,(H,27,28);3-8,14-15H,2,9-13H2,1H3;2-6,9,12-13,15,17H,7-8,10-11H2,1H3,(H,25,30). The van der Waals surface area contributed by atoms with Gasteiger partial charge in [0.25, 0.3) is 46.7 Å². The molecule has 2 amide bonds. The zero-order chi connectivity index (χ0) is 94.0. The Morgan fingerprint density at radius 2 is 0.854 bits per heavy atom. The topological polar surface area (TPSA) is 375 Å². The molecule has 0 atom stereocenters. The SMILES string of the molecule is COC(=O)N1CCC(CCc2nnc(C(=O)c3nc4ccc(-c5ccc(F)cc5)cc4s3)o2)CC1.COC(=O)NC1CCC(c2nnc(C(=O)c3nc4ccc(-c5ccccc5)cc4s3)o2)CC1.Cc1ccc(N2CCC(c3nnc(C(=O)c4nc5ccc(-c6ccccc6)cc5s4)o3)CC2)cc1.O=C(c1nnc(CCc2nc3ccccc3[nH]2)o1)c1nc2c(F)cc(-c3ccccc3)cc2s1. The Bertz CT molecular complexity index is 7530. The van der Waals surface area contributed by atoms with Gasteiger partial charge in [-0.15, -0.1) is 86.1 Å². The number of benzene rings is 10. The number of aromatic nitrogens is 14. The van der Waals surface area contributed by atoms with Crippen LogP contribution in [-0.4, -0.2) is 157 Å². The molecular weight excluding hydrogens is 1820 g/mol. The van der Waals surface area contributed by atoms with Crippen LogP contribution in [-0.2, 0) is 28.7 Å². The number of fused-ring (bicyclic) bond motifs is 5. The highest BCUT2D eigenvalue weighted by molar-refractivity contribution is 7.21. The van der Waals surface area contributed by atoms with Gasteiger partial charge in [-0.3, -0.25) is 19.2 Å². The Hall–Kier alpha value is -15.3. The second kappa shape index (κ2) is 41.3. The number of rotatable bonds is 22. The number of likely N-dealkylation sites (tertiary alicyclic amines) is 1. The molecule has 0 radical (unpaired) electrons. The first-order chi connectivity index (χ1) is 66.9. The van der Waals surface area contributed by atoms with Gasteiger partial charge < -0.3 is 47.2 Å². The molecule has 137 heavy (non-hydrogen) atoms. The lowest BCUT2D eigenvalue weighted by atomic mass is 9.86. The Labute approximate surface area is 796 Å². The van der Waals surface area contributed by atoms with Gasteiger partial charge in [-0.25, -0.2) is 43.3 Å². The van der Waals surface area contributed by atoms with E-state index >= 15 is 0 Å². The van der Waals surface area contributed by atoms with Crippen LogP contribution in [0.5, 0.6) is 0 Å². The van der Waals surface area contributed by atoms with Crippen molar-refractivity contribution >= 4 is 138 Å². The van der Waals surface area contributed by atoms with Crippen molar-refractivity contribution in [1.29, 1.82) is 0 Å². The van der Waals surface area contributed by atoms with E-state index in [0.29, 0.717) is 82.1 Å². The second-order valence-electron chi connectivity index (χ2n) is 33.2. The number of hydrogen-bond acceptors (Lipinski definition) is 30. The van der Waals surface area contributed by atoms with Crippen molar-refractivity contribution < 1.29 is 64.7 Å². The number of anilines is 1. The van der Waals surface area contributed by atoms with E-state index in [1.54, 1.807) is 17.0 Å². The number of amides is 2. The molecule has 2 N–H and O–H groups in total. The smallest absolute Gasteiger partial charge is 0.409 e. The zero-order valence-electron chi connectivity index (χ0n) is 74.1. The maximum Gasteiger partial charge on any atom is 0.409 e. The number of alkyl carbamates (subject to hydrolysis) is 1. The number of carbonyl (C=O) groups is 6. The average molecular weight is 1910 g/mol. The molecule has 3 aliphatic rings. The number of imidazole rings is 1. The van der Waals surface area contributed by atoms with E-state index < -0.39 is 23.5 Å². The van der Waals surface area contributed by atoms with Crippen LogP contribution in [0.25, 0.3) is 96.4 Å². The number of aryl methyl sites for hydroxylation is 4. The third-order valence-electron chi connectivity index (χ3n) is 24.1. The molecule has 1 aliphatic carbocycles. The van der Waals surface area contributed by atoms with Crippen LogP contribution >= 0.6 is 45.3 Å². The van der Waals surface area contributed by atoms with Crippen LogP contribution in [0.4, 0.5) is 24.1 Å². The fourth-order valence-corrected chi connectivity index (χ4v) is 20.5. The lowest BCUT2D eigenvalue weighted by Gasteiger charge is -2.32. The highest BCUT2D eigenvalue weighted by atomic mass is 32.1. The second-order valence-corrected chi connectivity index (χ2v) is 37.3. The lowest BCUT2D eigenvalue weighted by molar-refractivity contribution is 0.0992. The first-order valence-electron chi connectivity index (χ1n) is 44.6. The van der Waals surface area contributed by atoms with Crippen LogP contribution in [0.3, 0.4) is 0 Å². The average Bonchev–Trinajstić information content (AvgIpc) is 1.65. The van der Waals surface area contributed by atoms with Crippen LogP contribution in [0.1, 0.15) is 167 Å². The van der Waals surface area contributed by atoms with E-state index in [4.69, 9.17) is 22.4 Å². The van der Waals surface area contributed by atoms with Gasteiger partial charge in [0, 0.05) is 69.0 Å². The van der Waals surface area contributed by atoms with E-state index in [1.165, 1.54) is 77.7 Å². The van der Waals surface area contributed by atoms with E-state index in [0.717, 1.165) is 169 Å². The minimum absolute atomic E-state index is 0.0169. The third-order valence-corrected chi connectivity index (χ3v) is 28.2. The van der Waals surface area contributed by atoms with E-state index in [9.17, 15) is 37.5 Å². The Balaban J connectivity index is 0.000000117. The monoisotopic (exact) mass is 1910 g/mol. The summed E-state index contributed by atoms with van der Waals surface area (Å²) in [6.07, 6.45) is 8.43. The number of piperidine rings is 2. The van der Waals surface area contributed by atoms with Crippen LogP contribution in [0, 0.1) is 24.5 Å². The summed E-state index contributed by atoms with van der Waals surface area (Å²) in [6.45, 7) is 5.28. The number of nitrogens with zero attached hydrogens (tertiary/aromatic N) is 15. The number of ether oxygens (including phenoxy) is 2. The Morgan fingerprint density at radius 1 is 0.409 bits per heavy atom. The number of halogens is 2. The van der Waals surface area contributed by atoms with Crippen LogP contribution < -0.4 is 10.2 Å². The molecule has 0 unspecified atom stereocenters. The number of carbonyl (C=O) groups excluding carboxylic acids is 6. The normalized spacial score (nSPS) is 14.6. The summed E-state index contributed by atoms with van der Waals surface area (Å²) in [5, 5.41) is 36.2. The summed E-state index contributed by atoms with van der Waals surface area (Å²) in [5.41, 5.74) is 14.6. The van der Waals surface area contributed by atoms with Crippen molar-refractivity contribution in [3.05, 3.63) is 321 Å². The first-order valence-corrected chi connectivity index (χ1v) is 47.8. The number of thiazole rings is 4. The number of ketones is 4. The maximum absolute atomic E-state index is 14.7. The first kappa shape index (κ1) is 90.8. The zero-order valence-corrected chi connectivity index (χ0v) is 77.3. The van der Waals surface area contributed by atoms with Gasteiger partial charge >= 0.3 is 12.2 Å². The molecule has 0 spiro atoms. The molecule has 11 heterocycles. The quantitative estimate of drug-likeness (QED) is 0.0595. The molecule has 22 rings (SSSR count). The number of H-pyrrole nitrogens is 1. The molecule has 35 heteroatoms. The minimum atomic E-state index is -0.524. The van der Waals surface area contributed by atoms with Gasteiger partial charge in [-0.1, -0.05) is 151 Å². The fraction of sp³-hybridized carbons (Fsp3) is 0.225. The number of aromatic amines is 1. The van der Waals surface area contributed by atoms with Crippen molar-refractivity contribution in [2.75, 3.05) is 45.3 Å². The predicted octanol–water partition coefficient (Wildman–Crippen LogP) is 21.7. The molecule has 19 aromatic rings. The molecule has 3 fully saturated rings. The molecule has 688 valence electrons. The summed E-state index contributed by atoms with van der Waals surface area (Å²) in [6, 6.07) is 73.4. The molecule has 0 bridgehead atoms. The Kier molecular flexibility index (Phi) is 27.3. The van der Waals surface area contributed by atoms with Crippen LogP contribution in [0.2, 0.25) is 0 Å². The predicted molar refractivity (Wildman–Crippen MR) is 515 cm³/mol. The van der Waals surface area contributed by atoms with E-state index in [-0.39, 0.29) is 80.4 Å². The highest BCUT2D eigenvalue weighted by Gasteiger charge is 2.33. The highest BCUT2D eigenvalue weighted by Crippen LogP contribution is 2.39. The van der Waals surface area contributed by atoms with E-state index in [1.807, 2.05) is 158 Å². The number of hydrogen-bond donors (Lipinski definition) is 2. The van der Waals surface area contributed by atoms with Gasteiger partial charge in [0.15, 0.2) is 25.8 Å². The van der Waals surface area contributed by atoms with Crippen molar-refractivity contribution in [2.45, 2.75) is 102 Å². The maximum atomic E-state index is 14.7. The summed E-state index contributed by atoms with van der Waals surface area (Å²) in [7, 11) is 2.74. The third kappa shape index (κ3) is 21.3. The fourth-order valence-electron chi connectivity index (χ4n) is 16.7. The minimum Gasteiger partial charge on any atom is -0.453 e. The largest absolute Gasteiger partial charge is 0.453 e. The molecular formula is C102H85F2N17O12S4. The van der Waals surface area contributed by atoms with Crippen molar-refractivity contribution in [2.24, 2.45) is 5.92 Å². The lowest BCUT2D eigenvalue weighted by Crippen LogP contribution is -2.38. The van der Waals surface area contributed by atoms with E-state index in [2.05, 4.69) is 135 Å². The summed E-state index contributed by atoms with van der Waals surface area (Å²) >= 11 is 5.04. The molecule has 2 saturated heterocycles. The van der Waals surface area contributed by atoms with Crippen molar-refractivity contribution in [3.63, 3.8) is 0 Å². The number of para-hydroxylation sites is 2. The van der Waals surface area contributed by atoms with Gasteiger partial charge in [0.05, 0.1) is 60.6 Å². The van der Waals surface area contributed by atoms with Gasteiger partial charge in [-0.2, -0.15) is 0 Å². The number of methoxy groups -OCH3 is 2. The van der Waals surface area contributed by atoms with Crippen molar-refractivity contribution in [1.82, 2.24) is 80.9 Å². The molecule has 1 saturated carbocycles. The Morgan fingerprint density at radius 3 is 1.36 bits per heavy atom. The molecule has 2 aliphatic heterocycles. The molecule has 9 aromatic heterocycles. The summed E-state index contributed by atoms with van der Waals surface area (Å²) < 4.78 is 63.5. The molecule has 10 aromatic carbocycles. The summed E-state index contributed by atoms with van der Waals surface area (Å²) in [5.74, 6) is 0.582. The van der Waals surface area contributed by atoms with Crippen LogP contribution in [0.15, 0.2) is 248 Å². The number of nitrogens with one attached hydrogen (secondary N) is 2. The molecule has 29 nitrogen and oxygen atoms in total. The summed E-state index contributed by atoms with van der Waals surface area (Å²) in [4.78, 5) is 104. The van der Waals surface area contributed by atoms with Gasteiger partial charge in [0.2, 0.25) is 23.6 Å². The van der Waals surface area contributed by atoms with Gasteiger partial charge in [-0.05, 0) is 200 Å². The van der Waals surface area contributed by atoms with Crippen molar-refractivity contribution in [3.8, 4) is 44.5 Å².